The van der Waals surface area contributed by atoms with Crippen LogP contribution >= 0.6 is 11.3 Å². The Bertz CT molecular complexity index is 1030. The highest BCUT2D eigenvalue weighted by Crippen LogP contribution is 2.34. The van der Waals surface area contributed by atoms with Gasteiger partial charge in [0.1, 0.15) is 5.75 Å². The number of anilines is 1. The number of para-hydroxylation sites is 2. The number of fused-ring (bicyclic) bond motifs is 2. The summed E-state index contributed by atoms with van der Waals surface area (Å²) < 4.78 is 13.2. The van der Waals surface area contributed by atoms with Crippen LogP contribution in [-0.4, -0.2) is 65.1 Å². The Morgan fingerprint density at radius 2 is 2.03 bits per heavy atom. The SMILES string of the molecule is O=C([C@@H]1CN(C(=O)Cc2cn3ccsc3n2)c2ccccc2O1)N1CCOCC1. The van der Waals surface area contributed by atoms with Gasteiger partial charge in [-0.3, -0.25) is 14.0 Å². The fraction of sp³-hybridized carbons (Fsp3) is 0.350. The average molecular weight is 412 g/mol. The van der Waals surface area contributed by atoms with Crippen molar-refractivity contribution >= 4 is 33.8 Å². The smallest absolute Gasteiger partial charge is 0.265 e. The van der Waals surface area contributed by atoms with Crippen LogP contribution in [0.4, 0.5) is 5.69 Å². The molecule has 3 aromatic rings. The summed E-state index contributed by atoms with van der Waals surface area (Å²) in [5.74, 6) is 0.332. The van der Waals surface area contributed by atoms with E-state index in [-0.39, 0.29) is 24.8 Å². The van der Waals surface area contributed by atoms with Gasteiger partial charge in [-0.25, -0.2) is 4.98 Å². The van der Waals surface area contributed by atoms with E-state index in [9.17, 15) is 9.59 Å². The van der Waals surface area contributed by atoms with E-state index in [1.165, 1.54) is 11.3 Å². The summed E-state index contributed by atoms with van der Waals surface area (Å²) in [6, 6.07) is 7.33. The summed E-state index contributed by atoms with van der Waals surface area (Å²) in [5.41, 5.74) is 1.39. The largest absolute Gasteiger partial charge is 0.476 e. The zero-order chi connectivity index (χ0) is 19.8. The molecule has 1 fully saturated rings. The van der Waals surface area contributed by atoms with E-state index in [0.29, 0.717) is 43.4 Å². The molecule has 9 heteroatoms. The van der Waals surface area contributed by atoms with Crippen molar-refractivity contribution in [2.45, 2.75) is 12.5 Å². The number of rotatable bonds is 3. The van der Waals surface area contributed by atoms with Gasteiger partial charge >= 0.3 is 0 Å². The van der Waals surface area contributed by atoms with Crippen LogP contribution in [0.2, 0.25) is 0 Å². The number of amides is 2. The Hall–Kier alpha value is -2.91. The van der Waals surface area contributed by atoms with Gasteiger partial charge in [-0.15, -0.1) is 11.3 Å². The molecule has 1 atom stereocenters. The summed E-state index contributed by atoms with van der Waals surface area (Å²) in [4.78, 5) is 34.9. The van der Waals surface area contributed by atoms with Crippen molar-refractivity contribution in [2.24, 2.45) is 0 Å². The number of carbonyl (C=O) groups excluding carboxylic acids is 2. The predicted octanol–water partition coefficient (Wildman–Crippen LogP) is 1.59. The Morgan fingerprint density at radius 3 is 2.86 bits per heavy atom. The van der Waals surface area contributed by atoms with Gasteiger partial charge in [0.05, 0.1) is 37.6 Å². The minimum absolute atomic E-state index is 0.105. The number of benzene rings is 1. The standard InChI is InChI=1S/C20H20N4O4S/c25-18(11-14-12-23-7-10-29-20(23)21-14)24-13-17(19(26)22-5-8-27-9-6-22)28-16-4-2-1-3-15(16)24/h1-4,7,10,12,17H,5-6,8-9,11,13H2/t17-/m0/s1. The number of morpholine rings is 1. The number of hydrogen-bond donors (Lipinski definition) is 0. The molecule has 8 nitrogen and oxygen atoms in total. The molecule has 0 N–H and O–H groups in total. The highest BCUT2D eigenvalue weighted by Gasteiger charge is 2.36. The second-order valence-electron chi connectivity index (χ2n) is 7.02. The summed E-state index contributed by atoms with van der Waals surface area (Å²) in [7, 11) is 0. The Labute approximate surface area is 171 Å². The molecule has 0 radical (unpaired) electrons. The summed E-state index contributed by atoms with van der Waals surface area (Å²) in [6.45, 7) is 2.32. The Kier molecular flexibility index (Phi) is 4.69. The lowest BCUT2D eigenvalue weighted by molar-refractivity contribution is -0.142. The van der Waals surface area contributed by atoms with E-state index in [0.717, 1.165) is 4.96 Å². The number of aromatic nitrogens is 2. The molecule has 29 heavy (non-hydrogen) atoms. The molecule has 4 heterocycles. The number of nitrogens with zero attached hydrogens (tertiary/aromatic N) is 4. The molecule has 0 spiro atoms. The highest BCUT2D eigenvalue weighted by atomic mass is 32.1. The highest BCUT2D eigenvalue weighted by molar-refractivity contribution is 7.15. The van der Waals surface area contributed by atoms with Crippen LogP contribution in [0.25, 0.3) is 4.96 Å². The third-order valence-electron chi connectivity index (χ3n) is 5.15. The van der Waals surface area contributed by atoms with Crippen LogP contribution in [0.1, 0.15) is 5.69 Å². The molecule has 0 unspecified atom stereocenters. The maximum atomic E-state index is 13.2. The minimum Gasteiger partial charge on any atom is -0.476 e. The number of thiazole rings is 1. The first-order valence-corrected chi connectivity index (χ1v) is 10.4. The average Bonchev–Trinajstić information content (AvgIpc) is 3.34. The first-order chi connectivity index (χ1) is 14.2. The second kappa shape index (κ2) is 7.49. The molecule has 2 aliphatic rings. The molecule has 5 rings (SSSR count). The van der Waals surface area contributed by atoms with Gasteiger partial charge in [0.15, 0.2) is 11.1 Å². The molecule has 0 saturated carbocycles. The molecule has 1 aromatic carbocycles. The third-order valence-corrected chi connectivity index (χ3v) is 5.92. The summed E-state index contributed by atoms with van der Waals surface area (Å²) >= 11 is 1.53. The fourth-order valence-corrected chi connectivity index (χ4v) is 4.42. The Morgan fingerprint density at radius 1 is 1.21 bits per heavy atom. The van der Waals surface area contributed by atoms with Crippen LogP contribution in [-0.2, 0) is 20.7 Å². The van der Waals surface area contributed by atoms with Gasteiger partial charge in [0.2, 0.25) is 5.91 Å². The number of hydrogen-bond acceptors (Lipinski definition) is 6. The van der Waals surface area contributed by atoms with Gasteiger partial charge in [0, 0.05) is 30.9 Å². The summed E-state index contributed by atoms with van der Waals surface area (Å²) in [5, 5.41) is 1.95. The van der Waals surface area contributed by atoms with Crippen LogP contribution in [0.5, 0.6) is 5.75 Å². The molecule has 2 aromatic heterocycles. The summed E-state index contributed by atoms with van der Waals surface area (Å²) in [6.07, 6.45) is 3.23. The van der Waals surface area contributed by atoms with E-state index in [2.05, 4.69) is 4.98 Å². The van der Waals surface area contributed by atoms with Crippen LogP contribution < -0.4 is 9.64 Å². The number of carbonyl (C=O) groups is 2. The van der Waals surface area contributed by atoms with Gasteiger partial charge in [-0.05, 0) is 12.1 Å². The number of imidazole rings is 1. The van der Waals surface area contributed by atoms with Crippen molar-refractivity contribution in [3.05, 3.63) is 47.7 Å². The topological polar surface area (TPSA) is 76.4 Å². The van der Waals surface area contributed by atoms with Crippen molar-refractivity contribution in [1.29, 1.82) is 0 Å². The first kappa shape index (κ1) is 18.1. The third kappa shape index (κ3) is 3.47. The zero-order valence-corrected chi connectivity index (χ0v) is 16.5. The van der Waals surface area contributed by atoms with E-state index >= 15 is 0 Å². The normalized spacial score (nSPS) is 19.1. The van der Waals surface area contributed by atoms with Crippen molar-refractivity contribution in [3.63, 3.8) is 0 Å². The van der Waals surface area contributed by atoms with Crippen LogP contribution in [0, 0.1) is 0 Å². The fourth-order valence-electron chi connectivity index (χ4n) is 3.70. The monoisotopic (exact) mass is 412 g/mol. The van der Waals surface area contributed by atoms with Crippen molar-refractivity contribution in [2.75, 3.05) is 37.7 Å². The first-order valence-electron chi connectivity index (χ1n) is 9.53. The maximum absolute atomic E-state index is 13.2. The number of ether oxygens (including phenoxy) is 2. The molecule has 150 valence electrons. The van der Waals surface area contributed by atoms with E-state index in [1.807, 2.05) is 40.4 Å². The van der Waals surface area contributed by atoms with E-state index in [1.54, 1.807) is 15.9 Å². The Balaban J connectivity index is 1.38. The van der Waals surface area contributed by atoms with Crippen molar-refractivity contribution in [3.8, 4) is 5.75 Å². The van der Waals surface area contributed by atoms with Gasteiger partial charge < -0.3 is 19.3 Å². The second-order valence-corrected chi connectivity index (χ2v) is 7.89. The van der Waals surface area contributed by atoms with Crippen LogP contribution in [0.3, 0.4) is 0 Å². The molecule has 2 amide bonds. The predicted molar refractivity (Wildman–Crippen MR) is 107 cm³/mol. The lowest BCUT2D eigenvalue weighted by atomic mass is 10.1. The molecule has 1 saturated heterocycles. The van der Waals surface area contributed by atoms with E-state index in [4.69, 9.17) is 9.47 Å². The minimum atomic E-state index is -0.725. The molecule has 2 aliphatic heterocycles. The lowest BCUT2D eigenvalue weighted by Gasteiger charge is -2.37. The quantitative estimate of drug-likeness (QED) is 0.653. The van der Waals surface area contributed by atoms with E-state index < -0.39 is 6.10 Å². The van der Waals surface area contributed by atoms with Crippen molar-refractivity contribution in [1.82, 2.24) is 14.3 Å². The molecular formula is C20H20N4O4S. The molecule has 0 aliphatic carbocycles. The van der Waals surface area contributed by atoms with Gasteiger partial charge in [0.25, 0.3) is 5.91 Å². The maximum Gasteiger partial charge on any atom is 0.265 e. The van der Waals surface area contributed by atoms with Gasteiger partial charge in [-0.1, -0.05) is 12.1 Å². The lowest BCUT2D eigenvalue weighted by Crippen LogP contribution is -2.54. The molecule has 0 bridgehead atoms. The zero-order valence-electron chi connectivity index (χ0n) is 15.7. The van der Waals surface area contributed by atoms with Crippen molar-refractivity contribution < 1.29 is 19.1 Å². The van der Waals surface area contributed by atoms with Crippen LogP contribution in [0.15, 0.2) is 42.0 Å². The van der Waals surface area contributed by atoms with Gasteiger partial charge in [-0.2, -0.15) is 0 Å². The molecular weight excluding hydrogens is 392 g/mol.